The van der Waals surface area contributed by atoms with E-state index in [0.29, 0.717) is 6.42 Å². The molecule has 0 unspecified atom stereocenters. The van der Waals surface area contributed by atoms with Gasteiger partial charge in [-0.2, -0.15) is 0 Å². The van der Waals surface area contributed by atoms with Crippen molar-refractivity contribution in [2.24, 2.45) is 0 Å². The molecule has 24 heavy (non-hydrogen) atoms. The van der Waals surface area contributed by atoms with E-state index < -0.39 is 34.4 Å². The molecule has 0 bridgehead atoms. The molecule has 0 saturated heterocycles. The third-order valence-corrected chi connectivity index (χ3v) is 3.58. The summed E-state index contributed by atoms with van der Waals surface area (Å²) in [6.07, 6.45) is 2.99. The molecular formula is C17H16O7. The summed E-state index contributed by atoms with van der Waals surface area (Å²) in [6, 6.07) is 1.06. The second-order valence-electron chi connectivity index (χ2n) is 5.17. The predicted molar refractivity (Wildman–Crippen MR) is 84.3 cm³/mol. The molecule has 0 aromatic heterocycles. The quantitative estimate of drug-likeness (QED) is 0.428. The molecule has 0 spiro atoms. The molecule has 1 aliphatic carbocycles. The zero-order valence-electron chi connectivity index (χ0n) is 13.1. The summed E-state index contributed by atoms with van der Waals surface area (Å²) in [6.45, 7) is 1.81. The van der Waals surface area contributed by atoms with E-state index in [4.69, 9.17) is 4.74 Å². The van der Waals surface area contributed by atoms with E-state index >= 15 is 0 Å². The SMILES string of the molecule is CCCC(=O)/C=C/C1=C(O)c2c(cc(OC)c(O)c2O)C(=O)C1=O. The van der Waals surface area contributed by atoms with E-state index in [2.05, 4.69) is 0 Å². The highest BCUT2D eigenvalue weighted by atomic mass is 16.5. The summed E-state index contributed by atoms with van der Waals surface area (Å²) < 4.78 is 4.81. The first-order valence-electron chi connectivity index (χ1n) is 7.19. The third kappa shape index (κ3) is 2.76. The molecule has 1 aromatic rings. The topological polar surface area (TPSA) is 121 Å². The van der Waals surface area contributed by atoms with Crippen molar-refractivity contribution in [1.29, 1.82) is 0 Å². The monoisotopic (exact) mass is 332 g/mol. The fraction of sp³-hybridized carbons (Fsp3) is 0.235. The van der Waals surface area contributed by atoms with Crippen LogP contribution in [0.2, 0.25) is 0 Å². The maximum Gasteiger partial charge on any atom is 0.237 e. The van der Waals surface area contributed by atoms with Crippen LogP contribution in [0.3, 0.4) is 0 Å². The Morgan fingerprint density at radius 2 is 1.83 bits per heavy atom. The van der Waals surface area contributed by atoms with Crippen molar-refractivity contribution in [2.45, 2.75) is 19.8 Å². The number of allylic oxidation sites excluding steroid dienone is 3. The van der Waals surface area contributed by atoms with Gasteiger partial charge in [0.05, 0.1) is 18.2 Å². The van der Waals surface area contributed by atoms with E-state index in [1.165, 1.54) is 7.11 Å². The average Bonchev–Trinajstić information content (AvgIpc) is 2.55. The number of Topliss-reactive ketones (excluding diaryl/α,β-unsaturated/α-hetero) is 2. The van der Waals surface area contributed by atoms with Crippen molar-refractivity contribution in [1.82, 2.24) is 0 Å². The lowest BCUT2D eigenvalue weighted by Crippen LogP contribution is -2.23. The van der Waals surface area contributed by atoms with E-state index in [-0.39, 0.29) is 29.1 Å². The van der Waals surface area contributed by atoms with E-state index in [1.54, 1.807) is 0 Å². The number of hydrogen-bond donors (Lipinski definition) is 3. The number of aliphatic hydroxyl groups is 1. The van der Waals surface area contributed by atoms with E-state index in [9.17, 15) is 29.7 Å². The summed E-state index contributed by atoms with van der Waals surface area (Å²) in [5.41, 5.74) is -1.08. The van der Waals surface area contributed by atoms with Crippen LogP contribution in [0.5, 0.6) is 17.2 Å². The number of ether oxygens (including phenoxy) is 1. The van der Waals surface area contributed by atoms with Gasteiger partial charge >= 0.3 is 0 Å². The van der Waals surface area contributed by atoms with Gasteiger partial charge in [-0.3, -0.25) is 14.4 Å². The summed E-state index contributed by atoms with van der Waals surface area (Å²) >= 11 is 0. The number of hydrogen-bond acceptors (Lipinski definition) is 7. The second kappa shape index (κ2) is 6.57. The van der Waals surface area contributed by atoms with Crippen LogP contribution < -0.4 is 4.74 Å². The number of rotatable bonds is 5. The highest BCUT2D eigenvalue weighted by Crippen LogP contribution is 2.45. The Morgan fingerprint density at radius 3 is 2.42 bits per heavy atom. The zero-order valence-corrected chi connectivity index (χ0v) is 13.1. The summed E-state index contributed by atoms with van der Waals surface area (Å²) in [5, 5.41) is 30.1. The molecule has 3 N–H and O–H groups in total. The number of methoxy groups -OCH3 is 1. The molecule has 0 radical (unpaired) electrons. The molecular weight excluding hydrogens is 316 g/mol. The molecule has 1 aromatic carbocycles. The predicted octanol–water partition coefficient (Wildman–Crippen LogP) is 2.07. The molecule has 2 rings (SSSR count). The highest BCUT2D eigenvalue weighted by Gasteiger charge is 2.36. The van der Waals surface area contributed by atoms with Gasteiger partial charge in [-0.05, 0) is 24.6 Å². The molecule has 0 heterocycles. The maximum atomic E-state index is 12.2. The largest absolute Gasteiger partial charge is 0.506 e. The number of phenolic OH excluding ortho intramolecular Hbond substituents is 2. The molecule has 0 fully saturated rings. The van der Waals surface area contributed by atoms with Gasteiger partial charge in [0.1, 0.15) is 5.76 Å². The lowest BCUT2D eigenvalue weighted by atomic mass is 9.87. The molecule has 0 saturated carbocycles. The summed E-state index contributed by atoms with van der Waals surface area (Å²) in [7, 11) is 1.21. The fourth-order valence-corrected chi connectivity index (χ4v) is 2.36. The first kappa shape index (κ1) is 17.3. The Kier molecular flexibility index (Phi) is 4.73. The Morgan fingerprint density at radius 1 is 1.17 bits per heavy atom. The Labute approximate surface area is 137 Å². The number of aromatic hydroxyl groups is 2. The molecule has 1 aliphatic rings. The maximum absolute atomic E-state index is 12.2. The summed E-state index contributed by atoms with van der Waals surface area (Å²) in [5.74, 6) is -4.64. The van der Waals surface area contributed by atoms with Gasteiger partial charge in [0.2, 0.25) is 17.3 Å². The molecule has 0 atom stereocenters. The van der Waals surface area contributed by atoms with Crippen molar-refractivity contribution in [3.8, 4) is 17.2 Å². The van der Waals surface area contributed by atoms with Crippen LogP contribution >= 0.6 is 0 Å². The number of benzene rings is 1. The molecule has 7 nitrogen and oxygen atoms in total. The smallest absolute Gasteiger partial charge is 0.237 e. The molecule has 7 heteroatoms. The van der Waals surface area contributed by atoms with Crippen LogP contribution in [0, 0.1) is 0 Å². The standard InChI is InChI=1S/C17H16O7/c1-3-4-8(18)5-6-9-13(19)12-10(15(21)14(9)20)7-11(24-2)16(22)17(12)23/h5-7,19,22-23H,3-4H2,1-2H3/b6-5+. The van der Waals surface area contributed by atoms with Crippen molar-refractivity contribution >= 4 is 23.1 Å². The van der Waals surface area contributed by atoms with Crippen LogP contribution in [0.1, 0.15) is 35.7 Å². The number of carbonyl (C=O) groups excluding carboxylic acids is 3. The highest BCUT2D eigenvalue weighted by molar-refractivity contribution is 6.53. The average molecular weight is 332 g/mol. The Hall–Kier alpha value is -3.09. The minimum absolute atomic E-state index is 0.211. The number of aliphatic hydroxyl groups excluding tert-OH is 1. The van der Waals surface area contributed by atoms with Gasteiger partial charge in [-0.1, -0.05) is 6.92 Å². The second-order valence-corrected chi connectivity index (χ2v) is 5.17. The Balaban J connectivity index is 2.64. The van der Waals surface area contributed by atoms with E-state index in [0.717, 1.165) is 18.2 Å². The van der Waals surface area contributed by atoms with Crippen molar-refractivity contribution in [3.05, 3.63) is 34.9 Å². The van der Waals surface area contributed by atoms with Crippen LogP contribution in [-0.4, -0.2) is 39.8 Å². The van der Waals surface area contributed by atoms with Crippen molar-refractivity contribution < 1.29 is 34.4 Å². The number of ketones is 3. The van der Waals surface area contributed by atoms with Crippen LogP contribution in [0.4, 0.5) is 0 Å². The van der Waals surface area contributed by atoms with Gasteiger partial charge in [0.25, 0.3) is 0 Å². The normalized spacial score (nSPS) is 14.2. The first-order valence-corrected chi connectivity index (χ1v) is 7.19. The van der Waals surface area contributed by atoms with Gasteiger partial charge in [0, 0.05) is 12.0 Å². The fourth-order valence-electron chi connectivity index (χ4n) is 2.36. The third-order valence-electron chi connectivity index (χ3n) is 3.58. The van der Waals surface area contributed by atoms with Crippen molar-refractivity contribution in [2.75, 3.05) is 7.11 Å². The molecule has 126 valence electrons. The lowest BCUT2D eigenvalue weighted by molar-refractivity contribution is -0.114. The van der Waals surface area contributed by atoms with Gasteiger partial charge < -0.3 is 20.1 Å². The number of fused-ring (bicyclic) bond motifs is 1. The zero-order chi connectivity index (χ0) is 18.0. The number of phenols is 2. The Bertz CT molecular complexity index is 800. The number of carbonyl (C=O) groups is 3. The lowest BCUT2D eigenvalue weighted by Gasteiger charge is -2.19. The minimum atomic E-state index is -1.02. The van der Waals surface area contributed by atoms with Gasteiger partial charge in [-0.25, -0.2) is 0 Å². The first-order chi connectivity index (χ1) is 11.3. The van der Waals surface area contributed by atoms with Crippen LogP contribution in [0.15, 0.2) is 23.8 Å². The van der Waals surface area contributed by atoms with Gasteiger partial charge in [0.15, 0.2) is 17.3 Å². The molecule has 0 aliphatic heterocycles. The van der Waals surface area contributed by atoms with Crippen LogP contribution in [0.25, 0.3) is 5.76 Å². The minimum Gasteiger partial charge on any atom is -0.506 e. The molecule has 0 amide bonds. The van der Waals surface area contributed by atoms with Gasteiger partial charge in [-0.15, -0.1) is 0 Å². The van der Waals surface area contributed by atoms with Crippen molar-refractivity contribution in [3.63, 3.8) is 0 Å². The van der Waals surface area contributed by atoms with E-state index in [1.807, 2.05) is 6.92 Å². The van der Waals surface area contributed by atoms with Crippen LogP contribution in [-0.2, 0) is 9.59 Å². The summed E-state index contributed by atoms with van der Waals surface area (Å²) in [4.78, 5) is 35.9.